The van der Waals surface area contributed by atoms with Crippen LogP contribution < -0.4 is 27.4 Å². The third-order valence-corrected chi connectivity index (χ3v) is 5.70. The van der Waals surface area contributed by atoms with Gasteiger partial charge >= 0.3 is 5.97 Å². The lowest BCUT2D eigenvalue weighted by Crippen LogP contribution is -2.57. The first kappa shape index (κ1) is 27.7. The van der Waals surface area contributed by atoms with Gasteiger partial charge in [-0.3, -0.25) is 19.2 Å². The van der Waals surface area contributed by atoms with Gasteiger partial charge in [0.1, 0.15) is 18.1 Å². The molecule has 0 aliphatic carbocycles. The van der Waals surface area contributed by atoms with Crippen molar-refractivity contribution in [1.82, 2.24) is 20.9 Å². The Morgan fingerprint density at radius 1 is 1.03 bits per heavy atom. The highest BCUT2D eigenvalue weighted by atomic mass is 32.1. The van der Waals surface area contributed by atoms with E-state index in [4.69, 9.17) is 11.5 Å². The monoisotopic (exact) mass is 506 g/mol. The predicted octanol–water partition coefficient (Wildman–Crippen LogP) is -1.21. The molecule has 1 heterocycles. The molecule has 1 aromatic carbocycles. The number of thiol groups is 1. The molecule has 0 fully saturated rings. The molecule has 0 saturated carbocycles. The fraction of sp³-hybridized carbons (Fsp3) is 0.409. The van der Waals surface area contributed by atoms with E-state index in [1.165, 1.54) is 6.92 Å². The molecule has 190 valence electrons. The van der Waals surface area contributed by atoms with Gasteiger partial charge in [0.25, 0.3) is 0 Å². The van der Waals surface area contributed by atoms with Gasteiger partial charge in [0, 0.05) is 35.7 Å². The van der Waals surface area contributed by atoms with Crippen molar-refractivity contribution < 1.29 is 29.1 Å². The highest BCUT2D eigenvalue weighted by Gasteiger charge is 2.29. The number of primary amides is 1. The van der Waals surface area contributed by atoms with Crippen LogP contribution in [0, 0.1) is 0 Å². The lowest BCUT2D eigenvalue weighted by molar-refractivity contribution is -0.142. The van der Waals surface area contributed by atoms with Gasteiger partial charge in [0.15, 0.2) is 0 Å². The zero-order chi connectivity index (χ0) is 26.1. The van der Waals surface area contributed by atoms with Gasteiger partial charge in [0.05, 0.1) is 6.04 Å². The summed E-state index contributed by atoms with van der Waals surface area (Å²) in [6.07, 6.45) is 1.40. The number of benzene rings is 1. The van der Waals surface area contributed by atoms with E-state index in [0.29, 0.717) is 0 Å². The molecule has 0 spiro atoms. The average Bonchev–Trinajstić information content (AvgIpc) is 3.22. The normalized spacial score (nSPS) is 14.4. The number of aliphatic carboxylic acids is 1. The van der Waals surface area contributed by atoms with Gasteiger partial charge < -0.3 is 37.5 Å². The number of carboxylic acid groups (broad SMARTS) is 1. The van der Waals surface area contributed by atoms with E-state index in [1.54, 1.807) is 6.20 Å². The van der Waals surface area contributed by atoms with Crippen LogP contribution >= 0.6 is 12.6 Å². The van der Waals surface area contributed by atoms with Crippen molar-refractivity contribution in [3.05, 3.63) is 36.0 Å². The number of hydrogen-bond acceptors (Lipinski definition) is 7. The largest absolute Gasteiger partial charge is 0.480 e. The van der Waals surface area contributed by atoms with Gasteiger partial charge in [-0.1, -0.05) is 18.2 Å². The van der Waals surface area contributed by atoms with E-state index < -0.39 is 53.8 Å². The molecule has 2 aromatic rings. The van der Waals surface area contributed by atoms with Crippen molar-refractivity contribution in [2.24, 2.45) is 11.5 Å². The number of fused-ring (bicyclic) bond motifs is 1. The fourth-order valence-electron chi connectivity index (χ4n) is 3.31. The Bertz CT molecular complexity index is 1090. The summed E-state index contributed by atoms with van der Waals surface area (Å²) in [5.41, 5.74) is 12.4. The number of hydrogen-bond donors (Lipinski definition) is 8. The van der Waals surface area contributed by atoms with E-state index in [0.717, 1.165) is 16.5 Å². The van der Waals surface area contributed by atoms with Crippen LogP contribution in [0.25, 0.3) is 10.9 Å². The Kier molecular flexibility index (Phi) is 10.1. The molecule has 0 aliphatic rings. The lowest BCUT2D eigenvalue weighted by Gasteiger charge is -2.23. The van der Waals surface area contributed by atoms with Gasteiger partial charge in [-0.15, -0.1) is 0 Å². The first-order valence-corrected chi connectivity index (χ1v) is 11.5. The number of nitrogens with one attached hydrogen (secondary N) is 4. The lowest BCUT2D eigenvalue weighted by atomic mass is 10.0. The number of H-pyrrole nitrogens is 1. The van der Waals surface area contributed by atoms with Crippen LogP contribution in [0.2, 0.25) is 0 Å². The van der Waals surface area contributed by atoms with E-state index in [9.17, 15) is 29.1 Å². The quantitative estimate of drug-likeness (QED) is 0.155. The number of aromatic nitrogens is 1. The Morgan fingerprint density at radius 2 is 1.69 bits per heavy atom. The van der Waals surface area contributed by atoms with E-state index in [1.807, 2.05) is 24.3 Å². The van der Waals surface area contributed by atoms with Crippen LogP contribution in [-0.2, 0) is 30.4 Å². The molecule has 0 saturated heterocycles. The summed E-state index contributed by atoms with van der Waals surface area (Å²) < 4.78 is 0. The molecular formula is C22H30N6O6S. The number of para-hydroxylation sites is 1. The van der Waals surface area contributed by atoms with Gasteiger partial charge in [-0.2, -0.15) is 12.6 Å². The molecule has 1 aromatic heterocycles. The SMILES string of the molecule is CC(NC(=O)C(Cc1c[nH]c2ccccc12)NC(=O)C(N)CS)C(=O)NC(CCC(N)=O)C(=O)O. The third kappa shape index (κ3) is 8.00. The third-order valence-electron chi connectivity index (χ3n) is 5.31. The molecule has 4 unspecified atom stereocenters. The highest BCUT2D eigenvalue weighted by Crippen LogP contribution is 2.19. The standard InChI is InChI=1S/C22H30N6O6S/c1-11(19(30)27-16(22(33)34)6-7-18(24)29)26-21(32)17(28-20(31)14(23)10-35)8-12-9-25-15-5-3-2-4-13(12)15/h2-5,9,11,14,16-17,25,35H,6-8,10,23H2,1H3,(H2,24,29)(H,26,32)(H,27,30)(H,28,31)(H,33,34). The van der Waals surface area contributed by atoms with Crippen molar-refractivity contribution in [1.29, 1.82) is 0 Å². The first-order chi connectivity index (χ1) is 16.5. The van der Waals surface area contributed by atoms with Gasteiger partial charge in [-0.05, 0) is 25.0 Å². The number of amides is 4. The van der Waals surface area contributed by atoms with Crippen molar-refractivity contribution in [3.8, 4) is 0 Å². The average molecular weight is 507 g/mol. The van der Waals surface area contributed by atoms with Gasteiger partial charge in [0.2, 0.25) is 23.6 Å². The van der Waals surface area contributed by atoms with Crippen molar-refractivity contribution in [2.45, 2.75) is 50.4 Å². The maximum Gasteiger partial charge on any atom is 0.326 e. The highest BCUT2D eigenvalue weighted by molar-refractivity contribution is 7.80. The molecule has 12 nitrogen and oxygen atoms in total. The topological polar surface area (TPSA) is 210 Å². The second-order valence-corrected chi connectivity index (χ2v) is 8.41. The van der Waals surface area contributed by atoms with E-state index in [-0.39, 0.29) is 25.0 Å². The smallest absolute Gasteiger partial charge is 0.326 e. The van der Waals surface area contributed by atoms with Crippen molar-refractivity contribution in [3.63, 3.8) is 0 Å². The van der Waals surface area contributed by atoms with E-state index in [2.05, 4.69) is 33.6 Å². The van der Waals surface area contributed by atoms with Crippen molar-refractivity contribution in [2.75, 3.05) is 5.75 Å². The number of carbonyl (C=O) groups excluding carboxylic acids is 4. The maximum atomic E-state index is 13.0. The van der Waals surface area contributed by atoms with Crippen LogP contribution in [0.4, 0.5) is 0 Å². The molecule has 0 radical (unpaired) electrons. The Balaban J connectivity index is 2.14. The summed E-state index contributed by atoms with van der Waals surface area (Å²) in [4.78, 5) is 63.4. The number of carboxylic acids is 1. The molecule has 2 rings (SSSR count). The summed E-state index contributed by atoms with van der Waals surface area (Å²) in [5.74, 6) is -4.02. The summed E-state index contributed by atoms with van der Waals surface area (Å²) in [6.45, 7) is 1.37. The number of carbonyl (C=O) groups is 5. The van der Waals surface area contributed by atoms with Crippen molar-refractivity contribution >= 4 is 53.1 Å². The van der Waals surface area contributed by atoms with E-state index >= 15 is 0 Å². The zero-order valence-corrected chi connectivity index (χ0v) is 20.0. The Labute approximate surface area is 207 Å². The summed E-state index contributed by atoms with van der Waals surface area (Å²) >= 11 is 4.01. The fourth-order valence-corrected chi connectivity index (χ4v) is 3.48. The second-order valence-electron chi connectivity index (χ2n) is 8.05. The minimum Gasteiger partial charge on any atom is -0.480 e. The molecular weight excluding hydrogens is 476 g/mol. The molecule has 4 atom stereocenters. The van der Waals surface area contributed by atoms with Crippen LogP contribution in [0.15, 0.2) is 30.5 Å². The first-order valence-electron chi connectivity index (χ1n) is 10.9. The molecule has 9 N–H and O–H groups in total. The van der Waals surface area contributed by atoms with Crippen LogP contribution in [0.1, 0.15) is 25.3 Å². The van der Waals surface area contributed by atoms with Crippen LogP contribution in [-0.4, -0.2) is 69.6 Å². The minimum absolute atomic E-state index is 0.0634. The number of aromatic amines is 1. The molecule has 13 heteroatoms. The Hall–Kier alpha value is -3.58. The van der Waals surface area contributed by atoms with Gasteiger partial charge in [-0.25, -0.2) is 4.79 Å². The number of rotatable bonds is 13. The second kappa shape index (κ2) is 12.8. The minimum atomic E-state index is -1.36. The summed E-state index contributed by atoms with van der Waals surface area (Å²) in [7, 11) is 0. The van der Waals surface area contributed by atoms with Crippen LogP contribution in [0.3, 0.4) is 0 Å². The summed E-state index contributed by atoms with van der Waals surface area (Å²) in [5, 5.41) is 17.5. The summed E-state index contributed by atoms with van der Waals surface area (Å²) in [6, 6.07) is 2.91. The Morgan fingerprint density at radius 3 is 2.31 bits per heavy atom. The molecule has 4 amide bonds. The molecule has 35 heavy (non-hydrogen) atoms. The van der Waals surface area contributed by atoms with Crippen LogP contribution in [0.5, 0.6) is 0 Å². The molecule has 0 bridgehead atoms. The molecule has 0 aliphatic heterocycles. The number of nitrogens with two attached hydrogens (primary N) is 2. The predicted molar refractivity (Wildman–Crippen MR) is 131 cm³/mol. The zero-order valence-electron chi connectivity index (χ0n) is 19.1. The maximum absolute atomic E-state index is 13.0.